The second-order valence-corrected chi connectivity index (χ2v) is 10.1. The Kier molecular flexibility index (Phi) is 3.43. The Morgan fingerprint density at radius 2 is 2.04 bits per heavy atom. The number of Topliss-reactive ketones (excluding diaryl/α,β-unsaturated/α-hetero) is 1. The van der Waals surface area contributed by atoms with E-state index in [1.165, 1.54) is 5.57 Å². The first kappa shape index (κ1) is 17.0. The topological polar surface area (TPSA) is 57.5 Å². The van der Waals surface area contributed by atoms with Crippen molar-refractivity contribution >= 4 is 5.78 Å². The van der Waals surface area contributed by atoms with E-state index in [4.69, 9.17) is 0 Å². The van der Waals surface area contributed by atoms with Gasteiger partial charge in [-0.3, -0.25) is 4.79 Å². The number of fused-ring (bicyclic) bond motifs is 7. The molecule has 0 saturated heterocycles. The van der Waals surface area contributed by atoms with Crippen molar-refractivity contribution in [1.29, 1.82) is 0 Å². The van der Waals surface area contributed by atoms with Crippen LogP contribution in [0.3, 0.4) is 0 Å². The molecule has 4 fully saturated rings. The van der Waals surface area contributed by atoms with Gasteiger partial charge < -0.3 is 10.2 Å². The lowest BCUT2D eigenvalue weighted by Gasteiger charge is -2.59. The maximum atomic E-state index is 12.0. The van der Waals surface area contributed by atoms with Crippen molar-refractivity contribution in [2.75, 3.05) is 6.61 Å². The van der Waals surface area contributed by atoms with E-state index in [0.717, 1.165) is 38.5 Å². The van der Waals surface area contributed by atoms with Crippen molar-refractivity contribution in [1.82, 2.24) is 0 Å². The molecule has 4 saturated carbocycles. The van der Waals surface area contributed by atoms with Gasteiger partial charge in [0.2, 0.25) is 0 Å². The monoisotopic (exact) mass is 354 g/mol. The lowest BCUT2D eigenvalue weighted by molar-refractivity contribution is -0.127. The molecule has 5 aliphatic carbocycles. The minimum atomic E-state index is -0.927. The Morgan fingerprint density at radius 3 is 2.81 bits per heavy atom. The van der Waals surface area contributed by atoms with E-state index >= 15 is 0 Å². The largest absolute Gasteiger partial charge is 0.384 e. The van der Waals surface area contributed by atoms with Gasteiger partial charge in [0, 0.05) is 24.2 Å². The number of allylic oxidation sites excluding steroid dienone is 2. The van der Waals surface area contributed by atoms with Crippen molar-refractivity contribution in [3.05, 3.63) is 11.6 Å². The van der Waals surface area contributed by atoms with Crippen LogP contribution >= 0.6 is 0 Å². The molecule has 0 aromatic rings. The molecule has 0 aromatic carbocycles. The van der Waals surface area contributed by atoms with Gasteiger partial charge in [0.05, 0.1) is 0 Å². The van der Waals surface area contributed by atoms with E-state index in [2.05, 4.69) is 31.8 Å². The molecular formula is C23H30O3. The fraction of sp³-hybridized carbons (Fsp3) is 0.783. The Labute approximate surface area is 156 Å². The summed E-state index contributed by atoms with van der Waals surface area (Å²) >= 11 is 0. The van der Waals surface area contributed by atoms with Gasteiger partial charge in [-0.2, -0.15) is 0 Å². The van der Waals surface area contributed by atoms with Crippen LogP contribution in [0.2, 0.25) is 0 Å². The molecule has 3 heteroatoms. The average Bonchev–Trinajstić information content (AvgIpc) is 3.37. The highest BCUT2D eigenvalue weighted by atomic mass is 16.3. The first-order chi connectivity index (χ1) is 12.3. The van der Waals surface area contributed by atoms with Crippen LogP contribution in [0.5, 0.6) is 0 Å². The quantitative estimate of drug-likeness (QED) is 0.519. The third-order valence-corrected chi connectivity index (χ3v) is 9.25. The Balaban J connectivity index is 1.53. The summed E-state index contributed by atoms with van der Waals surface area (Å²) in [4.78, 5) is 12.0. The molecule has 0 radical (unpaired) electrons. The summed E-state index contributed by atoms with van der Waals surface area (Å²) in [6.45, 7) is 4.49. The molecule has 0 aliphatic heterocycles. The molecule has 0 unspecified atom stereocenters. The predicted octanol–water partition coefficient (Wildman–Crippen LogP) is 3.10. The van der Waals surface area contributed by atoms with Gasteiger partial charge >= 0.3 is 0 Å². The van der Waals surface area contributed by atoms with Crippen LogP contribution in [0.1, 0.15) is 58.8 Å². The lowest BCUT2D eigenvalue weighted by Crippen LogP contribution is -2.56. The van der Waals surface area contributed by atoms with Gasteiger partial charge in [-0.05, 0) is 61.2 Å². The summed E-state index contributed by atoms with van der Waals surface area (Å²) in [6.07, 6.45) is 9.09. The Morgan fingerprint density at radius 1 is 1.23 bits per heavy atom. The first-order valence-electron chi connectivity index (χ1n) is 10.4. The number of hydrogen-bond donors (Lipinski definition) is 2. The Bertz CT molecular complexity index is 757. The molecule has 0 bridgehead atoms. The minimum absolute atomic E-state index is 0.157. The first-order valence-corrected chi connectivity index (χ1v) is 10.4. The standard InChI is InChI=1S/C23H30O3/c1-21-9-6-15(25)12-14(21)4-5-16-18(21)7-10-22(2)20(16)17-13-19(17)23(22,26)8-3-11-24/h4,16-20,24,26H,5-7,9-13H2,1-2H3/t16-,17-,18+,19+,20-,21+,22+,23+/m1/s1. The highest BCUT2D eigenvalue weighted by Crippen LogP contribution is 2.76. The van der Waals surface area contributed by atoms with E-state index in [9.17, 15) is 15.0 Å². The summed E-state index contributed by atoms with van der Waals surface area (Å²) < 4.78 is 0. The predicted molar refractivity (Wildman–Crippen MR) is 98.9 cm³/mol. The number of ketones is 1. The van der Waals surface area contributed by atoms with E-state index in [0.29, 0.717) is 41.8 Å². The highest BCUT2D eigenvalue weighted by Gasteiger charge is 2.76. The molecule has 5 rings (SSSR count). The van der Waals surface area contributed by atoms with Crippen LogP contribution in [0.4, 0.5) is 0 Å². The SMILES string of the molecule is C[C@]12CCC(=O)CC1=CC[C@H]1[C@@H]3[C@@H]4C[C@@H]4[C@@](O)(C#CCO)[C@@]3(C)CC[C@@H]12. The number of aliphatic hydroxyl groups excluding tert-OH is 1. The number of aliphatic hydroxyl groups is 2. The fourth-order valence-corrected chi connectivity index (χ4v) is 7.89. The smallest absolute Gasteiger partial charge is 0.136 e. The highest BCUT2D eigenvalue weighted by molar-refractivity contribution is 5.82. The summed E-state index contributed by atoms with van der Waals surface area (Å²) in [5.74, 6) is 8.95. The molecule has 3 nitrogen and oxygen atoms in total. The molecule has 26 heavy (non-hydrogen) atoms. The summed E-state index contributed by atoms with van der Waals surface area (Å²) in [7, 11) is 0. The van der Waals surface area contributed by atoms with Crippen molar-refractivity contribution in [3.8, 4) is 11.8 Å². The van der Waals surface area contributed by atoms with E-state index in [-0.39, 0.29) is 17.4 Å². The second-order valence-electron chi connectivity index (χ2n) is 10.1. The molecule has 2 N–H and O–H groups in total. The van der Waals surface area contributed by atoms with Gasteiger partial charge in [0.15, 0.2) is 0 Å². The van der Waals surface area contributed by atoms with Crippen molar-refractivity contribution < 1.29 is 15.0 Å². The summed E-state index contributed by atoms with van der Waals surface area (Å²) in [6, 6.07) is 0. The van der Waals surface area contributed by atoms with Crippen molar-refractivity contribution in [2.24, 2.45) is 40.4 Å². The zero-order chi connectivity index (χ0) is 18.3. The maximum Gasteiger partial charge on any atom is 0.136 e. The van der Waals surface area contributed by atoms with Gasteiger partial charge in [-0.25, -0.2) is 0 Å². The van der Waals surface area contributed by atoms with Crippen LogP contribution in [0.25, 0.3) is 0 Å². The number of rotatable bonds is 0. The third-order valence-electron chi connectivity index (χ3n) is 9.25. The van der Waals surface area contributed by atoms with Gasteiger partial charge in [0.1, 0.15) is 18.0 Å². The van der Waals surface area contributed by atoms with E-state index < -0.39 is 5.60 Å². The van der Waals surface area contributed by atoms with Crippen LogP contribution in [0.15, 0.2) is 11.6 Å². The third kappa shape index (κ3) is 1.90. The lowest BCUT2D eigenvalue weighted by atomic mass is 9.46. The normalized spacial score (nSPS) is 54.1. The summed E-state index contributed by atoms with van der Waals surface area (Å²) in [5.41, 5.74) is 0.499. The van der Waals surface area contributed by atoms with Crippen LogP contribution in [0, 0.1) is 52.3 Å². The average molecular weight is 354 g/mol. The minimum Gasteiger partial charge on any atom is -0.384 e. The fourth-order valence-electron chi connectivity index (χ4n) is 7.89. The molecule has 0 amide bonds. The number of hydrogen-bond acceptors (Lipinski definition) is 3. The zero-order valence-corrected chi connectivity index (χ0v) is 15.9. The van der Waals surface area contributed by atoms with E-state index in [1.54, 1.807) is 0 Å². The zero-order valence-electron chi connectivity index (χ0n) is 15.9. The molecule has 0 heterocycles. The molecular weight excluding hydrogens is 324 g/mol. The van der Waals surface area contributed by atoms with Crippen LogP contribution in [-0.4, -0.2) is 28.2 Å². The van der Waals surface area contributed by atoms with Crippen molar-refractivity contribution in [3.63, 3.8) is 0 Å². The second kappa shape index (κ2) is 5.24. The van der Waals surface area contributed by atoms with Crippen LogP contribution < -0.4 is 0 Å². The van der Waals surface area contributed by atoms with Crippen LogP contribution in [-0.2, 0) is 4.79 Å². The summed E-state index contributed by atoms with van der Waals surface area (Å²) in [5, 5.41) is 20.7. The molecule has 8 atom stereocenters. The molecule has 0 aromatic heterocycles. The van der Waals surface area contributed by atoms with Gasteiger partial charge in [-0.1, -0.05) is 37.3 Å². The Hall–Kier alpha value is -1.11. The molecule has 5 aliphatic rings. The van der Waals surface area contributed by atoms with Crippen molar-refractivity contribution in [2.45, 2.75) is 64.4 Å². The molecule has 140 valence electrons. The number of carbonyl (C=O) groups excluding carboxylic acids is 1. The molecule has 0 spiro atoms. The number of carbonyl (C=O) groups is 1. The van der Waals surface area contributed by atoms with Gasteiger partial charge in [-0.15, -0.1) is 0 Å². The van der Waals surface area contributed by atoms with Gasteiger partial charge in [0.25, 0.3) is 0 Å². The van der Waals surface area contributed by atoms with E-state index in [1.807, 2.05) is 0 Å². The maximum absolute atomic E-state index is 12.0.